The van der Waals surface area contributed by atoms with Gasteiger partial charge in [-0.3, -0.25) is 9.59 Å². The molecule has 2 aromatic carbocycles. The highest BCUT2D eigenvalue weighted by Crippen LogP contribution is 2.35. The number of nitrogens with two attached hydrogens (primary N) is 1. The summed E-state index contributed by atoms with van der Waals surface area (Å²) in [5.41, 5.74) is 6.53. The van der Waals surface area contributed by atoms with E-state index < -0.39 is 11.3 Å². The van der Waals surface area contributed by atoms with E-state index in [0.717, 1.165) is 18.4 Å². The van der Waals surface area contributed by atoms with Gasteiger partial charge in [0, 0.05) is 30.5 Å². The van der Waals surface area contributed by atoms with Crippen molar-refractivity contribution in [3.8, 4) is 5.75 Å². The molecule has 1 heterocycles. The van der Waals surface area contributed by atoms with Crippen molar-refractivity contribution in [2.45, 2.75) is 26.2 Å². The van der Waals surface area contributed by atoms with E-state index in [9.17, 15) is 14.0 Å². The molecule has 0 bridgehead atoms. The number of halogens is 1. The number of rotatable bonds is 6. The molecule has 0 aliphatic carbocycles. The summed E-state index contributed by atoms with van der Waals surface area (Å²) < 4.78 is 19.0. The number of likely N-dealkylation sites (tertiary alicyclic amines) is 1. The van der Waals surface area contributed by atoms with Gasteiger partial charge in [0.25, 0.3) is 5.91 Å². The Hall–Kier alpha value is -2.89. The third-order valence-electron chi connectivity index (χ3n) is 5.23. The zero-order valence-corrected chi connectivity index (χ0v) is 16.0. The summed E-state index contributed by atoms with van der Waals surface area (Å²) in [5, 5.41) is 0. The molecule has 2 aromatic rings. The number of hydrogen-bond donors (Lipinski definition) is 1. The van der Waals surface area contributed by atoms with E-state index in [1.165, 1.54) is 12.1 Å². The van der Waals surface area contributed by atoms with Gasteiger partial charge >= 0.3 is 0 Å². The maximum atomic E-state index is 13.1. The Kier molecular flexibility index (Phi) is 5.97. The average Bonchev–Trinajstić information content (AvgIpc) is 2.67. The Balaban J connectivity index is 1.77. The number of aryl methyl sites for hydroxylation is 1. The first kappa shape index (κ1) is 19.9. The maximum Gasteiger partial charge on any atom is 0.254 e. The Bertz CT molecular complexity index is 853. The largest absolute Gasteiger partial charge is 0.493 e. The molecule has 5 nitrogen and oxygen atoms in total. The summed E-state index contributed by atoms with van der Waals surface area (Å²) in [6, 6.07) is 13.2. The normalized spacial score (nSPS) is 19.3. The molecule has 1 aliphatic heterocycles. The van der Waals surface area contributed by atoms with E-state index >= 15 is 0 Å². The molecule has 3 rings (SSSR count). The number of benzene rings is 2. The van der Waals surface area contributed by atoms with Crippen LogP contribution in [0.15, 0.2) is 48.5 Å². The Morgan fingerprint density at radius 1 is 1.18 bits per heavy atom. The first-order valence-electron chi connectivity index (χ1n) is 9.40. The van der Waals surface area contributed by atoms with Crippen molar-refractivity contribution in [1.29, 1.82) is 0 Å². The fourth-order valence-corrected chi connectivity index (χ4v) is 3.81. The van der Waals surface area contributed by atoms with Gasteiger partial charge < -0.3 is 15.4 Å². The second-order valence-electron chi connectivity index (χ2n) is 7.53. The highest BCUT2D eigenvalue weighted by molar-refractivity contribution is 5.95. The molecule has 1 aliphatic rings. The van der Waals surface area contributed by atoms with Crippen molar-refractivity contribution in [2.24, 2.45) is 11.1 Å². The standard InChI is InChI=1S/C22H25FN2O3/c1-16-5-2-3-6-19(16)21(27)25-12-4-11-22(14-25,13-20(24)26)15-28-18-9-7-17(23)8-10-18/h2-3,5-10H,4,11-15H2,1H3,(H2,24,26). The Morgan fingerprint density at radius 2 is 1.89 bits per heavy atom. The van der Waals surface area contributed by atoms with Gasteiger partial charge in [0.2, 0.25) is 5.91 Å². The first-order chi connectivity index (χ1) is 13.4. The molecular weight excluding hydrogens is 359 g/mol. The molecular formula is C22H25FN2O3. The average molecular weight is 384 g/mol. The van der Waals surface area contributed by atoms with Crippen LogP contribution in [0.25, 0.3) is 0 Å². The first-order valence-corrected chi connectivity index (χ1v) is 9.40. The lowest BCUT2D eigenvalue weighted by atomic mass is 9.77. The number of ether oxygens (including phenoxy) is 1. The Labute approximate surface area is 164 Å². The van der Waals surface area contributed by atoms with Crippen LogP contribution in [0.5, 0.6) is 5.75 Å². The molecule has 0 radical (unpaired) electrons. The van der Waals surface area contributed by atoms with Gasteiger partial charge in [0.05, 0.1) is 6.61 Å². The van der Waals surface area contributed by atoms with Gasteiger partial charge in [-0.15, -0.1) is 0 Å². The predicted octanol–water partition coefficient (Wildman–Crippen LogP) is 3.31. The summed E-state index contributed by atoms with van der Waals surface area (Å²) in [6.45, 7) is 3.17. The van der Waals surface area contributed by atoms with Crippen LogP contribution in [0.4, 0.5) is 4.39 Å². The highest BCUT2D eigenvalue weighted by Gasteiger charge is 2.39. The third-order valence-corrected chi connectivity index (χ3v) is 5.23. The number of primary amides is 1. The van der Waals surface area contributed by atoms with E-state index in [4.69, 9.17) is 10.5 Å². The van der Waals surface area contributed by atoms with Gasteiger partial charge in [-0.1, -0.05) is 18.2 Å². The van der Waals surface area contributed by atoms with E-state index in [-0.39, 0.29) is 24.8 Å². The number of nitrogens with zero attached hydrogens (tertiary/aromatic N) is 1. The van der Waals surface area contributed by atoms with Crippen LogP contribution in [0, 0.1) is 18.2 Å². The van der Waals surface area contributed by atoms with Crippen molar-refractivity contribution in [3.05, 3.63) is 65.5 Å². The SMILES string of the molecule is Cc1ccccc1C(=O)N1CCCC(COc2ccc(F)cc2)(CC(N)=O)C1. The molecule has 148 valence electrons. The topological polar surface area (TPSA) is 72.6 Å². The number of amides is 2. The fraction of sp³-hybridized carbons (Fsp3) is 0.364. The number of carbonyl (C=O) groups is 2. The second-order valence-corrected chi connectivity index (χ2v) is 7.53. The third kappa shape index (κ3) is 4.68. The minimum Gasteiger partial charge on any atom is -0.493 e. The number of piperidine rings is 1. The summed E-state index contributed by atoms with van der Waals surface area (Å²) in [7, 11) is 0. The second kappa shape index (κ2) is 8.42. The van der Waals surface area contributed by atoms with E-state index in [1.807, 2.05) is 31.2 Å². The number of carbonyl (C=O) groups excluding carboxylic acids is 2. The fourth-order valence-electron chi connectivity index (χ4n) is 3.81. The molecule has 28 heavy (non-hydrogen) atoms. The zero-order valence-electron chi connectivity index (χ0n) is 16.0. The summed E-state index contributed by atoms with van der Waals surface area (Å²) in [6.07, 6.45) is 1.62. The zero-order chi connectivity index (χ0) is 20.1. The van der Waals surface area contributed by atoms with Gasteiger partial charge in [-0.2, -0.15) is 0 Å². The van der Waals surface area contributed by atoms with Crippen LogP contribution in [-0.2, 0) is 4.79 Å². The predicted molar refractivity (Wildman–Crippen MR) is 104 cm³/mol. The molecule has 1 fully saturated rings. The lowest BCUT2D eigenvalue weighted by molar-refractivity contribution is -0.122. The van der Waals surface area contributed by atoms with Gasteiger partial charge in [0.1, 0.15) is 11.6 Å². The van der Waals surface area contributed by atoms with Crippen LogP contribution in [0.3, 0.4) is 0 Å². The van der Waals surface area contributed by atoms with E-state index in [2.05, 4.69) is 0 Å². The molecule has 1 saturated heterocycles. The summed E-state index contributed by atoms with van der Waals surface area (Å²) in [4.78, 5) is 26.6. The van der Waals surface area contributed by atoms with Crippen LogP contribution in [-0.4, -0.2) is 36.4 Å². The molecule has 2 amide bonds. The van der Waals surface area contributed by atoms with Crippen molar-refractivity contribution in [2.75, 3.05) is 19.7 Å². The van der Waals surface area contributed by atoms with Crippen LogP contribution >= 0.6 is 0 Å². The minimum atomic E-state index is -0.559. The monoisotopic (exact) mass is 384 g/mol. The Morgan fingerprint density at radius 3 is 2.57 bits per heavy atom. The van der Waals surface area contributed by atoms with Crippen molar-refractivity contribution >= 4 is 11.8 Å². The molecule has 0 spiro atoms. The number of hydrogen-bond acceptors (Lipinski definition) is 3. The van der Waals surface area contributed by atoms with Crippen LogP contribution in [0.2, 0.25) is 0 Å². The van der Waals surface area contributed by atoms with Crippen molar-refractivity contribution < 1.29 is 18.7 Å². The van der Waals surface area contributed by atoms with Crippen molar-refractivity contribution in [3.63, 3.8) is 0 Å². The van der Waals surface area contributed by atoms with Crippen LogP contribution in [0.1, 0.15) is 35.2 Å². The quantitative estimate of drug-likeness (QED) is 0.830. The van der Waals surface area contributed by atoms with E-state index in [1.54, 1.807) is 17.0 Å². The molecule has 6 heteroatoms. The lowest BCUT2D eigenvalue weighted by Gasteiger charge is -2.42. The lowest BCUT2D eigenvalue weighted by Crippen LogP contribution is -2.50. The highest BCUT2D eigenvalue weighted by atomic mass is 19.1. The summed E-state index contributed by atoms with van der Waals surface area (Å²) >= 11 is 0. The van der Waals surface area contributed by atoms with E-state index in [0.29, 0.717) is 24.4 Å². The molecule has 0 aromatic heterocycles. The van der Waals surface area contributed by atoms with Gasteiger partial charge in [-0.25, -0.2) is 4.39 Å². The minimum absolute atomic E-state index is 0.0478. The van der Waals surface area contributed by atoms with Crippen molar-refractivity contribution in [1.82, 2.24) is 4.90 Å². The smallest absolute Gasteiger partial charge is 0.254 e. The van der Waals surface area contributed by atoms with Gasteiger partial charge in [0.15, 0.2) is 0 Å². The maximum absolute atomic E-state index is 13.1. The molecule has 1 unspecified atom stereocenters. The molecule has 2 N–H and O–H groups in total. The summed E-state index contributed by atoms with van der Waals surface area (Å²) in [5.74, 6) is -0.291. The van der Waals surface area contributed by atoms with Gasteiger partial charge in [-0.05, 0) is 55.7 Å². The molecule has 1 atom stereocenters. The molecule has 0 saturated carbocycles. The van der Waals surface area contributed by atoms with Crippen LogP contribution < -0.4 is 10.5 Å².